The van der Waals surface area contributed by atoms with Gasteiger partial charge in [-0.3, -0.25) is 4.79 Å². The summed E-state index contributed by atoms with van der Waals surface area (Å²) in [7, 11) is 1.51. The zero-order chi connectivity index (χ0) is 14.0. The fraction of sp³-hybridized carbons (Fsp3) is 0.500. The van der Waals surface area contributed by atoms with Crippen molar-refractivity contribution in [3.05, 3.63) is 35.6 Å². The van der Waals surface area contributed by atoms with Crippen molar-refractivity contribution in [2.75, 3.05) is 20.1 Å². The topological polar surface area (TPSA) is 32.3 Å². The Kier molecular flexibility index (Phi) is 3.85. The van der Waals surface area contributed by atoms with Crippen LogP contribution in [0.4, 0.5) is 8.78 Å². The Morgan fingerprint density at radius 1 is 1.47 bits per heavy atom. The average molecular weight is 268 g/mol. The quantitative estimate of drug-likeness (QED) is 0.910. The Morgan fingerprint density at radius 3 is 2.74 bits per heavy atom. The van der Waals surface area contributed by atoms with Gasteiger partial charge < -0.3 is 10.2 Å². The summed E-state index contributed by atoms with van der Waals surface area (Å²) in [5, 5.41) is 2.84. The van der Waals surface area contributed by atoms with Crippen LogP contribution in [0.3, 0.4) is 0 Å². The van der Waals surface area contributed by atoms with Crippen LogP contribution < -0.4 is 5.32 Å². The van der Waals surface area contributed by atoms with Gasteiger partial charge in [-0.2, -0.15) is 0 Å². The third-order valence-corrected chi connectivity index (χ3v) is 3.74. The van der Waals surface area contributed by atoms with Crippen LogP contribution in [0.15, 0.2) is 24.3 Å². The SMILES string of the molecule is C[C@H](c1ccccc1F)N(C)C(=O)[C@]1(F)CCNC1. The molecule has 1 N–H and O–H groups in total. The second-order valence-electron chi connectivity index (χ2n) is 5.01. The normalized spacial score (nSPS) is 24.2. The first-order valence-corrected chi connectivity index (χ1v) is 6.37. The molecule has 0 unspecified atom stereocenters. The number of rotatable bonds is 3. The molecular formula is C14H18F2N2O. The van der Waals surface area contributed by atoms with Crippen molar-refractivity contribution >= 4 is 5.91 Å². The predicted molar refractivity (Wildman–Crippen MR) is 68.9 cm³/mol. The van der Waals surface area contributed by atoms with Crippen LogP contribution in [0.5, 0.6) is 0 Å². The lowest BCUT2D eigenvalue weighted by Crippen LogP contribution is -2.46. The molecule has 1 saturated heterocycles. The average Bonchev–Trinajstić information content (AvgIpc) is 2.85. The third-order valence-electron chi connectivity index (χ3n) is 3.74. The van der Waals surface area contributed by atoms with Crippen LogP contribution in [-0.4, -0.2) is 36.6 Å². The molecule has 1 aromatic carbocycles. The Balaban J connectivity index is 2.17. The van der Waals surface area contributed by atoms with E-state index in [9.17, 15) is 13.6 Å². The van der Waals surface area contributed by atoms with Gasteiger partial charge in [-0.25, -0.2) is 8.78 Å². The molecule has 5 heteroatoms. The van der Waals surface area contributed by atoms with Crippen molar-refractivity contribution in [2.24, 2.45) is 0 Å². The standard InChI is InChI=1S/C14H18F2N2O/c1-10(11-5-3-4-6-12(11)15)18(2)13(19)14(16)7-8-17-9-14/h3-6,10,17H,7-9H2,1-2H3/t10-,14+/m1/s1. The number of amides is 1. The molecule has 1 aliphatic rings. The summed E-state index contributed by atoms with van der Waals surface area (Å²) in [4.78, 5) is 13.5. The largest absolute Gasteiger partial charge is 0.336 e. The van der Waals surface area contributed by atoms with E-state index in [4.69, 9.17) is 0 Å². The molecule has 3 nitrogen and oxygen atoms in total. The Labute approximate surface area is 111 Å². The van der Waals surface area contributed by atoms with Crippen molar-refractivity contribution in [1.29, 1.82) is 0 Å². The van der Waals surface area contributed by atoms with Crippen LogP contribution in [0.1, 0.15) is 24.9 Å². The van der Waals surface area contributed by atoms with Crippen molar-refractivity contribution in [3.63, 3.8) is 0 Å². The van der Waals surface area contributed by atoms with Gasteiger partial charge in [0, 0.05) is 25.6 Å². The molecule has 1 fully saturated rings. The number of alkyl halides is 1. The second kappa shape index (κ2) is 5.25. The van der Waals surface area contributed by atoms with Crippen LogP contribution >= 0.6 is 0 Å². The maximum atomic E-state index is 14.4. The Bertz CT molecular complexity index is 472. The predicted octanol–water partition coefficient (Wildman–Crippen LogP) is 2.05. The molecule has 0 spiro atoms. The fourth-order valence-corrected chi connectivity index (χ4v) is 2.36. The summed E-state index contributed by atoms with van der Waals surface area (Å²) >= 11 is 0. The molecule has 1 aliphatic heterocycles. The van der Waals surface area contributed by atoms with Crippen molar-refractivity contribution < 1.29 is 13.6 Å². The van der Waals surface area contributed by atoms with Gasteiger partial charge >= 0.3 is 0 Å². The van der Waals surface area contributed by atoms with E-state index in [0.29, 0.717) is 12.1 Å². The first kappa shape index (κ1) is 13.9. The molecule has 1 heterocycles. The summed E-state index contributed by atoms with van der Waals surface area (Å²) in [5.74, 6) is -0.972. The minimum absolute atomic E-state index is 0.0279. The Hall–Kier alpha value is -1.49. The van der Waals surface area contributed by atoms with Crippen molar-refractivity contribution in [3.8, 4) is 0 Å². The van der Waals surface area contributed by atoms with Crippen molar-refractivity contribution in [2.45, 2.75) is 25.1 Å². The molecule has 0 aromatic heterocycles. The van der Waals surface area contributed by atoms with Gasteiger partial charge in [0.15, 0.2) is 0 Å². The van der Waals surface area contributed by atoms with Gasteiger partial charge in [0.25, 0.3) is 5.91 Å². The number of nitrogens with one attached hydrogen (secondary N) is 1. The second-order valence-corrected chi connectivity index (χ2v) is 5.01. The molecule has 0 radical (unpaired) electrons. The van der Waals surface area contributed by atoms with Gasteiger partial charge in [0.2, 0.25) is 5.67 Å². The number of carbonyl (C=O) groups is 1. The zero-order valence-electron chi connectivity index (χ0n) is 11.1. The lowest BCUT2D eigenvalue weighted by molar-refractivity contribution is -0.143. The Morgan fingerprint density at radius 2 is 2.16 bits per heavy atom. The van der Waals surface area contributed by atoms with Gasteiger partial charge in [-0.05, 0) is 19.5 Å². The minimum Gasteiger partial charge on any atom is -0.336 e. The highest BCUT2D eigenvalue weighted by atomic mass is 19.1. The summed E-state index contributed by atoms with van der Waals surface area (Å²) < 4.78 is 28.1. The number of carbonyl (C=O) groups excluding carboxylic acids is 1. The van der Waals surface area contributed by atoms with Crippen LogP contribution in [0.2, 0.25) is 0 Å². The lowest BCUT2D eigenvalue weighted by atomic mass is 10.0. The van der Waals surface area contributed by atoms with E-state index in [1.165, 1.54) is 18.0 Å². The van der Waals surface area contributed by atoms with Gasteiger partial charge in [-0.15, -0.1) is 0 Å². The summed E-state index contributed by atoms with van der Waals surface area (Å²) in [6, 6.07) is 5.75. The highest BCUT2D eigenvalue weighted by Gasteiger charge is 2.44. The van der Waals surface area contributed by atoms with Crippen molar-refractivity contribution in [1.82, 2.24) is 10.2 Å². The lowest BCUT2D eigenvalue weighted by Gasteiger charge is -2.30. The van der Waals surface area contributed by atoms with E-state index < -0.39 is 17.6 Å². The highest BCUT2D eigenvalue weighted by Crippen LogP contribution is 2.28. The molecule has 104 valence electrons. The molecule has 1 amide bonds. The van der Waals surface area contributed by atoms with E-state index >= 15 is 0 Å². The number of halogens is 2. The molecule has 2 atom stereocenters. The molecule has 0 aliphatic carbocycles. The number of hydrogen-bond acceptors (Lipinski definition) is 2. The molecule has 0 saturated carbocycles. The van der Waals surface area contributed by atoms with E-state index in [-0.39, 0.29) is 18.8 Å². The number of hydrogen-bond donors (Lipinski definition) is 1. The maximum absolute atomic E-state index is 14.4. The molecule has 2 rings (SSSR count). The van der Waals surface area contributed by atoms with E-state index in [2.05, 4.69) is 5.32 Å². The first-order chi connectivity index (χ1) is 8.96. The van der Waals surface area contributed by atoms with E-state index in [1.807, 2.05) is 0 Å². The fourth-order valence-electron chi connectivity index (χ4n) is 2.36. The highest BCUT2D eigenvalue weighted by molar-refractivity contribution is 5.86. The number of benzene rings is 1. The molecule has 19 heavy (non-hydrogen) atoms. The summed E-state index contributed by atoms with van der Waals surface area (Å²) in [6.07, 6.45) is 0.167. The van der Waals surface area contributed by atoms with Gasteiger partial charge in [0.05, 0.1) is 6.04 Å². The maximum Gasteiger partial charge on any atom is 0.261 e. The van der Waals surface area contributed by atoms with Crippen LogP contribution in [-0.2, 0) is 4.79 Å². The van der Waals surface area contributed by atoms with Crippen LogP contribution in [0, 0.1) is 5.82 Å². The summed E-state index contributed by atoms with van der Waals surface area (Å²) in [6.45, 7) is 2.21. The smallest absolute Gasteiger partial charge is 0.261 e. The minimum atomic E-state index is -1.87. The van der Waals surface area contributed by atoms with E-state index in [1.54, 1.807) is 25.1 Å². The summed E-state index contributed by atoms with van der Waals surface area (Å²) in [5.41, 5.74) is -1.47. The zero-order valence-corrected chi connectivity index (χ0v) is 11.1. The monoisotopic (exact) mass is 268 g/mol. The molecule has 0 bridgehead atoms. The van der Waals surface area contributed by atoms with E-state index in [0.717, 1.165) is 0 Å². The first-order valence-electron chi connectivity index (χ1n) is 6.37. The van der Waals surface area contributed by atoms with Gasteiger partial charge in [-0.1, -0.05) is 18.2 Å². The molecule has 1 aromatic rings. The molecular weight excluding hydrogens is 250 g/mol. The van der Waals surface area contributed by atoms with Crippen LogP contribution in [0.25, 0.3) is 0 Å². The van der Waals surface area contributed by atoms with Gasteiger partial charge in [0.1, 0.15) is 5.82 Å². The third kappa shape index (κ3) is 2.61. The number of nitrogens with zero attached hydrogens (tertiary/aromatic N) is 1.